The maximum Gasteiger partial charge on any atom is 0.133 e. The molecular weight excluding hydrogens is 252 g/mol. The van der Waals surface area contributed by atoms with Crippen molar-refractivity contribution in [2.24, 2.45) is 11.8 Å². The van der Waals surface area contributed by atoms with Gasteiger partial charge in [-0.1, -0.05) is 27.7 Å². The number of thiophene rings is 1. The predicted molar refractivity (Wildman–Crippen MR) is 83.0 cm³/mol. The van der Waals surface area contributed by atoms with Crippen LogP contribution in [-0.4, -0.2) is 5.78 Å². The van der Waals surface area contributed by atoms with Crippen LogP contribution in [0.15, 0.2) is 12.1 Å². The number of carbonyl (C=O) groups is 1. The second-order valence-corrected chi connectivity index (χ2v) is 7.78. The first kappa shape index (κ1) is 14.8. The Hall–Kier alpha value is -0.630. The first-order chi connectivity index (χ1) is 8.97. The molecule has 1 aromatic heterocycles. The molecule has 1 aromatic rings. The van der Waals surface area contributed by atoms with Gasteiger partial charge in [0.25, 0.3) is 0 Å². The van der Waals surface area contributed by atoms with Crippen LogP contribution in [0, 0.1) is 11.8 Å². The quantitative estimate of drug-likeness (QED) is 0.655. The van der Waals surface area contributed by atoms with Crippen molar-refractivity contribution in [2.45, 2.75) is 65.2 Å². The molecule has 1 fully saturated rings. The number of rotatable bonds is 7. The van der Waals surface area contributed by atoms with E-state index in [0.29, 0.717) is 23.5 Å². The highest BCUT2D eigenvalue weighted by Gasteiger charge is 2.27. The molecule has 1 aliphatic rings. The Morgan fingerprint density at radius 2 is 1.84 bits per heavy atom. The molecule has 2 rings (SSSR count). The molecular formula is C17H26OS. The van der Waals surface area contributed by atoms with Gasteiger partial charge in [0.2, 0.25) is 0 Å². The summed E-state index contributed by atoms with van der Waals surface area (Å²) in [5.74, 6) is 2.75. The monoisotopic (exact) mass is 278 g/mol. The molecule has 19 heavy (non-hydrogen) atoms. The van der Waals surface area contributed by atoms with Crippen molar-refractivity contribution in [2.75, 3.05) is 0 Å². The van der Waals surface area contributed by atoms with E-state index < -0.39 is 0 Å². The molecule has 1 heterocycles. The Bertz CT molecular complexity index is 426. The Morgan fingerprint density at radius 3 is 2.32 bits per heavy atom. The van der Waals surface area contributed by atoms with Crippen LogP contribution in [0.3, 0.4) is 0 Å². The zero-order valence-electron chi connectivity index (χ0n) is 12.6. The molecule has 0 saturated heterocycles. The Labute approximate surface area is 121 Å². The van der Waals surface area contributed by atoms with Crippen LogP contribution in [0.5, 0.6) is 0 Å². The highest BCUT2D eigenvalue weighted by molar-refractivity contribution is 7.12. The minimum absolute atomic E-state index is 0.420. The van der Waals surface area contributed by atoms with Gasteiger partial charge in [-0.2, -0.15) is 0 Å². The van der Waals surface area contributed by atoms with E-state index in [1.165, 1.54) is 22.6 Å². The van der Waals surface area contributed by atoms with Gasteiger partial charge in [0, 0.05) is 28.5 Å². The first-order valence-electron chi connectivity index (χ1n) is 7.58. The SMILES string of the molecule is CC(C)c1ccc(C(CC(=O)CC2CC2)C(C)C)s1. The van der Waals surface area contributed by atoms with E-state index in [1.807, 2.05) is 11.3 Å². The van der Waals surface area contributed by atoms with Gasteiger partial charge in [0.15, 0.2) is 0 Å². The van der Waals surface area contributed by atoms with E-state index in [-0.39, 0.29) is 0 Å². The predicted octanol–water partition coefficient (Wildman–Crippen LogP) is 5.37. The maximum atomic E-state index is 12.1. The fourth-order valence-corrected chi connectivity index (χ4v) is 3.80. The summed E-state index contributed by atoms with van der Waals surface area (Å²) < 4.78 is 0. The molecule has 0 aromatic carbocycles. The Kier molecular flexibility index (Phi) is 4.83. The molecule has 0 amide bonds. The fraction of sp³-hybridized carbons (Fsp3) is 0.706. The molecule has 1 atom stereocenters. The van der Waals surface area contributed by atoms with Crippen LogP contribution in [0.2, 0.25) is 0 Å². The van der Waals surface area contributed by atoms with E-state index in [0.717, 1.165) is 18.8 Å². The summed E-state index contributed by atoms with van der Waals surface area (Å²) in [6.07, 6.45) is 4.11. The molecule has 1 unspecified atom stereocenters. The van der Waals surface area contributed by atoms with Gasteiger partial charge >= 0.3 is 0 Å². The lowest BCUT2D eigenvalue weighted by Crippen LogP contribution is -2.12. The van der Waals surface area contributed by atoms with Crippen LogP contribution in [0.1, 0.15) is 75.0 Å². The standard InChI is InChI=1S/C17H26OS/c1-11(2)15(10-14(18)9-13-5-6-13)17-8-7-16(19-17)12(3)4/h7-8,11-13,15H,5-6,9-10H2,1-4H3. The lowest BCUT2D eigenvalue weighted by molar-refractivity contribution is -0.120. The molecule has 0 spiro atoms. The van der Waals surface area contributed by atoms with Crippen molar-refractivity contribution in [1.82, 2.24) is 0 Å². The normalized spacial score (nSPS) is 17.2. The lowest BCUT2D eigenvalue weighted by atomic mass is 9.88. The van der Waals surface area contributed by atoms with Gasteiger partial charge in [-0.05, 0) is 42.7 Å². The van der Waals surface area contributed by atoms with Gasteiger partial charge in [0.1, 0.15) is 5.78 Å². The molecule has 106 valence electrons. The second kappa shape index (κ2) is 6.21. The summed E-state index contributed by atoms with van der Waals surface area (Å²) in [6.45, 7) is 8.95. The molecule has 0 aliphatic heterocycles. The fourth-order valence-electron chi connectivity index (χ4n) is 2.52. The Balaban J connectivity index is 2.03. The smallest absolute Gasteiger partial charge is 0.133 e. The number of hydrogen-bond acceptors (Lipinski definition) is 2. The summed E-state index contributed by atoms with van der Waals surface area (Å²) in [5, 5.41) is 0. The molecule has 2 heteroatoms. The number of carbonyl (C=O) groups excluding carboxylic acids is 1. The molecule has 0 N–H and O–H groups in total. The van der Waals surface area contributed by atoms with Gasteiger partial charge in [-0.3, -0.25) is 4.79 Å². The van der Waals surface area contributed by atoms with Crippen LogP contribution < -0.4 is 0 Å². The van der Waals surface area contributed by atoms with Gasteiger partial charge < -0.3 is 0 Å². The van der Waals surface area contributed by atoms with E-state index >= 15 is 0 Å². The van der Waals surface area contributed by atoms with Gasteiger partial charge in [-0.15, -0.1) is 11.3 Å². The molecule has 0 bridgehead atoms. The zero-order chi connectivity index (χ0) is 14.0. The summed E-state index contributed by atoms with van der Waals surface area (Å²) in [5.41, 5.74) is 0. The highest BCUT2D eigenvalue weighted by Crippen LogP contribution is 2.38. The third-order valence-corrected chi connectivity index (χ3v) is 5.57. The molecule has 0 radical (unpaired) electrons. The molecule has 1 saturated carbocycles. The average Bonchev–Trinajstić information content (AvgIpc) is 2.99. The summed E-state index contributed by atoms with van der Waals surface area (Å²) >= 11 is 1.90. The van der Waals surface area contributed by atoms with Gasteiger partial charge in [-0.25, -0.2) is 0 Å². The van der Waals surface area contributed by atoms with Gasteiger partial charge in [0.05, 0.1) is 0 Å². The number of ketones is 1. The average molecular weight is 278 g/mol. The maximum absolute atomic E-state index is 12.1. The van der Waals surface area contributed by atoms with E-state index in [2.05, 4.69) is 39.8 Å². The highest BCUT2D eigenvalue weighted by atomic mass is 32.1. The summed E-state index contributed by atoms with van der Waals surface area (Å²) in [7, 11) is 0. The van der Waals surface area contributed by atoms with Crippen molar-refractivity contribution in [3.05, 3.63) is 21.9 Å². The largest absolute Gasteiger partial charge is 0.300 e. The molecule has 1 aliphatic carbocycles. The van der Waals surface area contributed by atoms with Crippen LogP contribution >= 0.6 is 11.3 Å². The van der Waals surface area contributed by atoms with Crippen molar-refractivity contribution in [1.29, 1.82) is 0 Å². The lowest BCUT2D eigenvalue weighted by Gasteiger charge is -2.19. The number of Topliss-reactive ketones (excluding diaryl/α,β-unsaturated/α-hetero) is 1. The van der Waals surface area contributed by atoms with E-state index in [9.17, 15) is 4.79 Å². The van der Waals surface area contributed by atoms with Crippen LogP contribution in [0.25, 0.3) is 0 Å². The topological polar surface area (TPSA) is 17.1 Å². The summed E-state index contributed by atoms with van der Waals surface area (Å²) in [6, 6.07) is 4.49. The van der Waals surface area contributed by atoms with Crippen LogP contribution in [0.4, 0.5) is 0 Å². The van der Waals surface area contributed by atoms with E-state index in [1.54, 1.807) is 0 Å². The number of hydrogen-bond donors (Lipinski definition) is 0. The zero-order valence-corrected chi connectivity index (χ0v) is 13.4. The Morgan fingerprint density at radius 1 is 1.21 bits per heavy atom. The second-order valence-electron chi connectivity index (χ2n) is 6.64. The van der Waals surface area contributed by atoms with Crippen molar-refractivity contribution in [3.63, 3.8) is 0 Å². The first-order valence-corrected chi connectivity index (χ1v) is 8.40. The van der Waals surface area contributed by atoms with E-state index in [4.69, 9.17) is 0 Å². The summed E-state index contributed by atoms with van der Waals surface area (Å²) in [4.78, 5) is 15.0. The van der Waals surface area contributed by atoms with Crippen molar-refractivity contribution < 1.29 is 4.79 Å². The third-order valence-electron chi connectivity index (χ3n) is 4.05. The third kappa shape index (κ3) is 4.17. The minimum Gasteiger partial charge on any atom is -0.300 e. The van der Waals surface area contributed by atoms with Crippen molar-refractivity contribution >= 4 is 17.1 Å². The minimum atomic E-state index is 0.420. The van der Waals surface area contributed by atoms with Crippen molar-refractivity contribution in [3.8, 4) is 0 Å². The molecule has 1 nitrogen and oxygen atoms in total. The van der Waals surface area contributed by atoms with Crippen LogP contribution in [-0.2, 0) is 4.79 Å².